The molecule has 112 valence electrons. The van der Waals surface area contributed by atoms with Crippen molar-refractivity contribution in [2.75, 3.05) is 40.6 Å². The lowest BCUT2D eigenvalue weighted by Crippen LogP contribution is -2.31. The van der Waals surface area contributed by atoms with Crippen molar-refractivity contribution in [2.24, 2.45) is 5.92 Å². The van der Waals surface area contributed by atoms with Crippen LogP contribution in [0.5, 0.6) is 5.75 Å². The van der Waals surface area contributed by atoms with Crippen LogP contribution in [0.4, 0.5) is 0 Å². The molecule has 2 unspecified atom stereocenters. The molecule has 0 saturated carbocycles. The normalized spacial score (nSPS) is 20.6. The van der Waals surface area contributed by atoms with E-state index in [0.717, 1.165) is 25.4 Å². The third-order valence-corrected chi connectivity index (χ3v) is 3.78. The smallest absolute Gasteiger partial charge is 0.124 e. The van der Waals surface area contributed by atoms with Crippen molar-refractivity contribution in [2.45, 2.75) is 18.9 Å². The summed E-state index contributed by atoms with van der Waals surface area (Å²) in [4.78, 5) is 0. The quantitative estimate of drug-likeness (QED) is 0.778. The zero-order chi connectivity index (χ0) is 14.2. The van der Waals surface area contributed by atoms with Crippen LogP contribution in [0.1, 0.15) is 24.4 Å². The van der Waals surface area contributed by atoms with E-state index >= 15 is 0 Å². The second-order valence-electron chi connectivity index (χ2n) is 5.12. The Balaban J connectivity index is 2.11. The fraction of sp³-hybridized carbons (Fsp3) is 0.625. The summed E-state index contributed by atoms with van der Waals surface area (Å²) in [5, 5.41) is 3.43. The van der Waals surface area contributed by atoms with E-state index in [4.69, 9.17) is 14.2 Å². The molecule has 0 aliphatic carbocycles. The van der Waals surface area contributed by atoms with Crippen LogP contribution in [0, 0.1) is 5.92 Å². The van der Waals surface area contributed by atoms with Crippen LogP contribution in [-0.2, 0) is 9.47 Å². The first-order valence-electron chi connectivity index (χ1n) is 7.32. The monoisotopic (exact) mass is 279 g/mol. The van der Waals surface area contributed by atoms with Crippen molar-refractivity contribution >= 4 is 0 Å². The molecule has 20 heavy (non-hydrogen) atoms. The van der Waals surface area contributed by atoms with Gasteiger partial charge in [-0.15, -0.1) is 0 Å². The first-order chi connectivity index (χ1) is 9.86. The lowest BCUT2D eigenvalue weighted by Gasteiger charge is -2.31. The SMILES string of the molecule is CNC(c1ccccc1OCCOC)C1CCCOC1. The average Bonchev–Trinajstić information content (AvgIpc) is 2.51. The number of para-hydroxylation sites is 1. The summed E-state index contributed by atoms with van der Waals surface area (Å²) in [6.45, 7) is 2.88. The van der Waals surface area contributed by atoms with Crippen molar-refractivity contribution in [1.29, 1.82) is 0 Å². The van der Waals surface area contributed by atoms with Crippen LogP contribution in [0.15, 0.2) is 24.3 Å². The lowest BCUT2D eigenvalue weighted by molar-refractivity contribution is 0.0396. The Morgan fingerprint density at radius 2 is 2.20 bits per heavy atom. The minimum atomic E-state index is 0.272. The molecular weight excluding hydrogens is 254 g/mol. The first kappa shape index (κ1) is 15.3. The minimum absolute atomic E-state index is 0.272. The Morgan fingerprint density at radius 3 is 2.90 bits per heavy atom. The molecule has 1 fully saturated rings. The largest absolute Gasteiger partial charge is 0.491 e. The maximum absolute atomic E-state index is 5.85. The topological polar surface area (TPSA) is 39.7 Å². The summed E-state index contributed by atoms with van der Waals surface area (Å²) in [6, 6.07) is 8.51. The fourth-order valence-corrected chi connectivity index (χ4v) is 2.78. The molecule has 0 bridgehead atoms. The van der Waals surface area contributed by atoms with E-state index in [1.54, 1.807) is 7.11 Å². The highest BCUT2D eigenvalue weighted by atomic mass is 16.5. The molecule has 1 saturated heterocycles. The number of hydrogen-bond acceptors (Lipinski definition) is 4. The highest BCUT2D eigenvalue weighted by molar-refractivity contribution is 5.36. The molecule has 0 aromatic heterocycles. The van der Waals surface area contributed by atoms with Gasteiger partial charge in [0.25, 0.3) is 0 Å². The Morgan fingerprint density at radius 1 is 1.35 bits per heavy atom. The zero-order valence-corrected chi connectivity index (χ0v) is 12.4. The van der Waals surface area contributed by atoms with Gasteiger partial charge in [-0.3, -0.25) is 0 Å². The van der Waals surface area contributed by atoms with Crippen molar-refractivity contribution in [1.82, 2.24) is 5.32 Å². The van der Waals surface area contributed by atoms with E-state index in [1.807, 2.05) is 19.2 Å². The standard InChI is InChI=1S/C16H25NO3/c1-17-16(13-6-5-9-19-12-13)14-7-3-4-8-15(14)20-11-10-18-2/h3-4,7-8,13,16-17H,5-6,9-12H2,1-2H3. The van der Waals surface area contributed by atoms with Gasteiger partial charge in [-0.25, -0.2) is 0 Å². The molecule has 1 aliphatic heterocycles. The molecule has 1 aromatic carbocycles. The van der Waals surface area contributed by atoms with Crippen molar-refractivity contribution in [3.63, 3.8) is 0 Å². The first-order valence-corrected chi connectivity index (χ1v) is 7.32. The highest BCUT2D eigenvalue weighted by Crippen LogP contribution is 2.33. The number of methoxy groups -OCH3 is 1. The number of rotatable bonds is 7. The van der Waals surface area contributed by atoms with Gasteiger partial charge in [0.05, 0.1) is 13.2 Å². The molecular formula is C16H25NO3. The van der Waals surface area contributed by atoms with E-state index in [9.17, 15) is 0 Å². The van der Waals surface area contributed by atoms with Gasteiger partial charge < -0.3 is 19.5 Å². The second-order valence-corrected chi connectivity index (χ2v) is 5.12. The Labute approximate surface area is 121 Å². The predicted molar refractivity (Wildman–Crippen MR) is 79.2 cm³/mol. The summed E-state index contributed by atoms with van der Waals surface area (Å²) < 4.78 is 16.5. The van der Waals surface area contributed by atoms with E-state index < -0.39 is 0 Å². The van der Waals surface area contributed by atoms with Crippen LogP contribution in [0.2, 0.25) is 0 Å². The maximum atomic E-state index is 5.85. The molecule has 0 radical (unpaired) electrons. The van der Waals surface area contributed by atoms with E-state index in [2.05, 4.69) is 17.4 Å². The van der Waals surface area contributed by atoms with Crippen LogP contribution in [0.25, 0.3) is 0 Å². The molecule has 2 rings (SSSR count). The molecule has 0 spiro atoms. The van der Waals surface area contributed by atoms with Gasteiger partial charge in [0.15, 0.2) is 0 Å². The Kier molecular flexibility index (Phi) is 6.30. The molecule has 2 atom stereocenters. The zero-order valence-electron chi connectivity index (χ0n) is 12.4. The van der Waals surface area contributed by atoms with Gasteiger partial charge >= 0.3 is 0 Å². The molecule has 1 aromatic rings. The van der Waals surface area contributed by atoms with Gasteiger partial charge in [0.2, 0.25) is 0 Å². The number of benzene rings is 1. The van der Waals surface area contributed by atoms with Crippen LogP contribution < -0.4 is 10.1 Å². The van der Waals surface area contributed by atoms with Crippen molar-refractivity contribution in [3.8, 4) is 5.75 Å². The van der Waals surface area contributed by atoms with Crippen LogP contribution >= 0.6 is 0 Å². The van der Waals surface area contributed by atoms with E-state index in [1.165, 1.54) is 12.0 Å². The Hall–Kier alpha value is -1.10. The summed E-state index contributed by atoms with van der Waals surface area (Å²) >= 11 is 0. The van der Waals surface area contributed by atoms with Gasteiger partial charge in [0.1, 0.15) is 12.4 Å². The summed E-state index contributed by atoms with van der Waals surface area (Å²) in [6.07, 6.45) is 2.33. The van der Waals surface area contributed by atoms with E-state index in [0.29, 0.717) is 19.1 Å². The van der Waals surface area contributed by atoms with Gasteiger partial charge in [-0.2, -0.15) is 0 Å². The van der Waals surface area contributed by atoms with Gasteiger partial charge in [0, 0.05) is 31.2 Å². The second kappa shape index (κ2) is 8.25. The molecule has 4 heteroatoms. The highest BCUT2D eigenvalue weighted by Gasteiger charge is 2.26. The molecule has 1 N–H and O–H groups in total. The van der Waals surface area contributed by atoms with Gasteiger partial charge in [-0.1, -0.05) is 18.2 Å². The number of nitrogens with one attached hydrogen (secondary N) is 1. The summed E-state index contributed by atoms with van der Waals surface area (Å²) in [7, 11) is 3.69. The third-order valence-electron chi connectivity index (χ3n) is 3.78. The van der Waals surface area contributed by atoms with Crippen LogP contribution in [0.3, 0.4) is 0 Å². The van der Waals surface area contributed by atoms with Crippen molar-refractivity contribution < 1.29 is 14.2 Å². The van der Waals surface area contributed by atoms with Gasteiger partial charge in [-0.05, 0) is 26.0 Å². The molecule has 4 nitrogen and oxygen atoms in total. The van der Waals surface area contributed by atoms with Crippen LogP contribution in [-0.4, -0.2) is 40.6 Å². The summed E-state index contributed by atoms with van der Waals surface area (Å²) in [5.41, 5.74) is 1.21. The van der Waals surface area contributed by atoms with Crippen molar-refractivity contribution in [3.05, 3.63) is 29.8 Å². The Bertz CT molecular complexity index is 391. The lowest BCUT2D eigenvalue weighted by atomic mass is 9.88. The maximum Gasteiger partial charge on any atom is 0.124 e. The fourth-order valence-electron chi connectivity index (χ4n) is 2.78. The number of hydrogen-bond donors (Lipinski definition) is 1. The third kappa shape index (κ3) is 3.95. The summed E-state index contributed by atoms with van der Waals surface area (Å²) in [5.74, 6) is 1.44. The molecule has 1 heterocycles. The molecule has 1 aliphatic rings. The average molecular weight is 279 g/mol. The predicted octanol–water partition coefficient (Wildman–Crippen LogP) is 2.40. The van der Waals surface area contributed by atoms with E-state index in [-0.39, 0.29) is 6.04 Å². The molecule has 0 amide bonds. The number of ether oxygens (including phenoxy) is 3. The minimum Gasteiger partial charge on any atom is -0.491 e.